The molecule has 0 bridgehead atoms. The van der Waals surface area contributed by atoms with Crippen LogP contribution in [0.25, 0.3) is 0 Å². The number of nitrogens with zero attached hydrogens (tertiary/aromatic N) is 2. The molecule has 114 valence electrons. The van der Waals surface area contributed by atoms with Crippen molar-refractivity contribution in [2.75, 3.05) is 6.61 Å². The largest absolute Gasteiger partial charge is 0.377 e. The van der Waals surface area contributed by atoms with Crippen LogP contribution >= 0.6 is 0 Å². The number of hydrazine groups is 1. The number of ether oxygens (including phenoxy) is 1. The van der Waals surface area contributed by atoms with Gasteiger partial charge in [0.15, 0.2) is 0 Å². The van der Waals surface area contributed by atoms with Gasteiger partial charge in [0, 0.05) is 19.2 Å². The Balaban J connectivity index is 1.93. The molecule has 0 radical (unpaired) electrons. The van der Waals surface area contributed by atoms with E-state index in [4.69, 9.17) is 15.7 Å². The molecule has 1 aliphatic rings. The van der Waals surface area contributed by atoms with E-state index in [1.165, 1.54) is 32.1 Å². The lowest BCUT2D eigenvalue weighted by atomic mass is 9.96. The second-order valence-corrected chi connectivity index (χ2v) is 5.72. The molecule has 2 unspecified atom stereocenters. The van der Waals surface area contributed by atoms with Crippen LogP contribution in [-0.2, 0) is 11.2 Å². The van der Waals surface area contributed by atoms with Gasteiger partial charge in [-0.1, -0.05) is 19.3 Å². The van der Waals surface area contributed by atoms with E-state index in [0.29, 0.717) is 12.6 Å². The van der Waals surface area contributed by atoms with E-state index in [9.17, 15) is 0 Å². The molecule has 1 saturated carbocycles. The smallest absolute Gasteiger partial charge is 0.0717 e. The number of rotatable bonds is 7. The van der Waals surface area contributed by atoms with Gasteiger partial charge < -0.3 is 4.74 Å². The molecular formula is C15H28N4O. The van der Waals surface area contributed by atoms with Crippen LogP contribution in [0.2, 0.25) is 0 Å². The molecule has 2 rings (SSSR count). The molecule has 0 amide bonds. The van der Waals surface area contributed by atoms with Gasteiger partial charge in [-0.15, -0.1) is 0 Å². The fourth-order valence-electron chi connectivity index (χ4n) is 3.00. The Labute approximate surface area is 121 Å². The van der Waals surface area contributed by atoms with E-state index in [1.807, 2.05) is 13.8 Å². The van der Waals surface area contributed by atoms with E-state index in [1.54, 1.807) is 0 Å². The molecule has 5 nitrogen and oxygen atoms in total. The highest BCUT2D eigenvalue weighted by molar-refractivity contribution is 5.03. The summed E-state index contributed by atoms with van der Waals surface area (Å²) >= 11 is 0. The van der Waals surface area contributed by atoms with Crippen LogP contribution in [-0.4, -0.2) is 28.5 Å². The number of nitrogens with two attached hydrogens (primary N) is 1. The van der Waals surface area contributed by atoms with Crippen molar-refractivity contribution in [3.8, 4) is 0 Å². The standard InChI is InChI=1S/C15H28N4O/c1-3-20-12(2)15(17-16)11-13-9-10-19(18-13)14-7-5-4-6-8-14/h9-10,12,14-15,17H,3-8,11,16H2,1-2H3. The monoisotopic (exact) mass is 280 g/mol. The Kier molecular flexibility index (Phi) is 6.01. The van der Waals surface area contributed by atoms with Gasteiger partial charge in [-0.05, 0) is 32.8 Å². The molecule has 3 N–H and O–H groups in total. The maximum Gasteiger partial charge on any atom is 0.0717 e. The average molecular weight is 280 g/mol. The molecule has 5 heteroatoms. The van der Waals surface area contributed by atoms with Crippen LogP contribution < -0.4 is 11.3 Å². The minimum absolute atomic E-state index is 0.0878. The quantitative estimate of drug-likeness (QED) is 0.593. The SMILES string of the molecule is CCOC(C)C(Cc1ccn(C2CCCCC2)n1)NN. The van der Waals surface area contributed by atoms with Crippen LogP contribution in [0, 0.1) is 0 Å². The van der Waals surface area contributed by atoms with Gasteiger partial charge in [0.2, 0.25) is 0 Å². The zero-order valence-electron chi connectivity index (χ0n) is 12.7. The lowest BCUT2D eigenvalue weighted by Crippen LogP contribution is -2.45. The fourth-order valence-corrected chi connectivity index (χ4v) is 3.00. The van der Waals surface area contributed by atoms with E-state index in [2.05, 4.69) is 22.4 Å². The van der Waals surface area contributed by atoms with E-state index < -0.39 is 0 Å². The number of aromatic nitrogens is 2. The lowest BCUT2D eigenvalue weighted by Gasteiger charge is -2.23. The highest BCUT2D eigenvalue weighted by Crippen LogP contribution is 2.27. The predicted molar refractivity (Wildman–Crippen MR) is 80.3 cm³/mol. The summed E-state index contributed by atoms with van der Waals surface area (Å²) in [5, 5.41) is 4.73. The Bertz CT molecular complexity index is 387. The molecule has 1 aromatic heterocycles. The second kappa shape index (κ2) is 7.76. The van der Waals surface area contributed by atoms with Crippen molar-refractivity contribution >= 4 is 0 Å². The minimum atomic E-state index is 0.0878. The van der Waals surface area contributed by atoms with Gasteiger partial charge in [-0.2, -0.15) is 5.10 Å². The Morgan fingerprint density at radius 1 is 1.45 bits per heavy atom. The predicted octanol–water partition coefficient (Wildman–Crippen LogP) is 2.19. The summed E-state index contributed by atoms with van der Waals surface area (Å²) in [4.78, 5) is 0. The van der Waals surface area contributed by atoms with Crippen molar-refractivity contribution < 1.29 is 4.74 Å². The van der Waals surface area contributed by atoms with Crippen molar-refractivity contribution in [3.63, 3.8) is 0 Å². The van der Waals surface area contributed by atoms with E-state index in [0.717, 1.165) is 12.1 Å². The molecular weight excluding hydrogens is 252 g/mol. The lowest BCUT2D eigenvalue weighted by molar-refractivity contribution is 0.0473. The third kappa shape index (κ3) is 4.04. The highest BCUT2D eigenvalue weighted by Gasteiger charge is 2.20. The second-order valence-electron chi connectivity index (χ2n) is 5.72. The summed E-state index contributed by atoms with van der Waals surface area (Å²) in [5.74, 6) is 5.64. The summed E-state index contributed by atoms with van der Waals surface area (Å²) in [6.07, 6.45) is 9.55. The summed E-state index contributed by atoms with van der Waals surface area (Å²) < 4.78 is 7.76. The molecule has 0 saturated heterocycles. The topological polar surface area (TPSA) is 65.1 Å². The van der Waals surface area contributed by atoms with E-state index >= 15 is 0 Å². The summed E-state index contributed by atoms with van der Waals surface area (Å²) in [6, 6.07) is 2.80. The molecule has 1 heterocycles. The van der Waals surface area contributed by atoms with Crippen LogP contribution in [0.5, 0.6) is 0 Å². The van der Waals surface area contributed by atoms with Crippen LogP contribution in [0.1, 0.15) is 57.7 Å². The molecule has 0 spiro atoms. The van der Waals surface area contributed by atoms with Crippen molar-refractivity contribution in [1.29, 1.82) is 0 Å². The van der Waals surface area contributed by atoms with Gasteiger partial charge in [0.25, 0.3) is 0 Å². The first-order chi connectivity index (χ1) is 9.74. The van der Waals surface area contributed by atoms with E-state index in [-0.39, 0.29) is 12.1 Å². The van der Waals surface area contributed by atoms with Gasteiger partial charge in [-0.25, -0.2) is 0 Å². The molecule has 20 heavy (non-hydrogen) atoms. The summed E-state index contributed by atoms with van der Waals surface area (Å²) in [5.41, 5.74) is 3.94. The van der Waals surface area contributed by atoms with Gasteiger partial charge in [0.1, 0.15) is 0 Å². The van der Waals surface area contributed by atoms with Crippen molar-refractivity contribution in [1.82, 2.24) is 15.2 Å². The highest BCUT2D eigenvalue weighted by atomic mass is 16.5. The van der Waals surface area contributed by atoms with Crippen LogP contribution in [0.3, 0.4) is 0 Å². The molecule has 0 aromatic carbocycles. The van der Waals surface area contributed by atoms with Gasteiger partial charge in [-0.3, -0.25) is 16.0 Å². The molecule has 1 aliphatic carbocycles. The van der Waals surface area contributed by atoms with Crippen LogP contribution in [0.15, 0.2) is 12.3 Å². The minimum Gasteiger partial charge on any atom is -0.377 e. The molecule has 0 aliphatic heterocycles. The number of nitrogens with one attached hydrogen (secondary N) is 1. The van der Waals surface area contributed by atoms with Gasteiger partial charge in [0.05, 0.1) is 23.9 Å². The fraction of sp³-hybridized carbons (Fsp3) is 0.800. The summed E-state index contributed by atoms with van der Waals surface area (Å²) in [6.45, 7) is 4.75. The molecule has 2 atom stereocenters. The maximum absolute atomic E-state index is 5.64. The Hall–Kier alpha value is -0.910. The first kappa shape index (κ1) is 15.5. The Morgan fingerprint density at radius 3 is 2.85 bits per heavy atom. The molecule has 1 fully saturated rings. The van der Waals surface area contributed by atoms with Gasteiger partial charge >= 0.3 is 0 Å². The maximum atomic E-state index is 5.64. The number of hydrogen-bond acceptors (Lipinski definition) is 4. The third-order valence-electron chi connectivity index (χ3n) is 4.25. The third-order valence-corrected chi connectivity index (χ3v) is 4.25. The zero-order valence-corrected chi connectivity index (χ0v) is 12.7. The molecule has 1 aromatic rings. The van der Waals surface area contributed by atoms with Crippen LogP contribution in [0.4, 0.5) is 0 Å². The number of hydrogen-bond donors (Lipinski definition) is 2. The first-order valence-corrected chi connectivity index (χ1v) is 7.86. The summed E-state index contributed by atoms with van der Waals surface area (Å²) in [7, 11) is 0. The van der Waals surface area contributed by atoms with Crippen molar-refractivity contribution in [2.24, 2.45) is 5.84 Å². The Morgan fingerprint density at radius 2 is 2.20 bits per heavy atom. The van der Waals surface area contributed by atoms with Crippen molar-refractivity contribution in [2.45, 2.75) is 70.6 Å². The normalized spacial score (nSPS) is 19.9. The first-order valence-electron chi connectivity index (χ1n) is 7.86. The van der Waals surface area contributed by atoms with Crippen molar-refractivity contribution in [3.05, 3.63) is 18.0 Å². The average Bonchev–Trinajstić information content (AvgIpc) is 2.94. The zero-order chi connectivity index (χ0) is 14.4.